The van der Waals surface area contributed by atoms with Gasteiger partial charge in [-0.2, -0.15) is 0 Å². The van der Waals surface area contributed by atoms with Crippen LogP contribution in [0.25, 0.3) is 11.0 Å². The molecule has 0 radical (unpaired) electrons. The molecule has 1 heterocycles. The number of alkyl halides is 1. The number of aromatic nitrogens is 2. The summed E-state index contributed by atoms with van der Waals surface area (Å²) >= 11 is 8.54. The summed E-state index contributed by atoms with van der Waals surface area (Å²) in [5.41, 5.74) is 2.34. The van der Waals surface area contributed by atoms with Crippen molar-refractivity contribution in [1.82, 2.24) is 9.55 Å². The summed E-state index contributed by atoms with van der Waals surface area (Å²) in [6.45, 7) is 2.38. The third-order valence-corrected chi connectivity index (χ3v) is 6.57. The lowest BCUT2D eigenvalue weighted by atomic mass is 9.83. The summed E-state index contributed by atoms with van der Waals surface area (Å²) in [5.74, 6) is 4.25. The molecule has 0 saturated heterocycles. The third kappa shape index (κ3) is 2.31. The molecule has 1 aromatic carbocycles. The van der Waals surface area contributed by atoms with Crippen molar-refractivity contribution in [1.29, 1.82) is 0 Å². The molecule has 4 atom stereocenters. The summed E-state index contributed by atoms with van der Waals surface area (Å²) in [5, 5.41) is 0. The molecule has 0 spiro atoms. The maximum absolute atomic E-state index is 6.19. The fraction of sp³-hybridized carbons (Fsp3) is 0.588. The normalized spacial score (nSPS) is 29.4. The molecule has 2 bridgehead atoms. The number of rotatable bonds is 3. The summed E-state index contributed by atoms with van der Waals surface area (Å²) < 4.78 is 3.66. The highest BCUT2D eigenvalue weighted by Crippen LogP contribution is 2.52. The van der Waals surface area contributed by atoms with Crippen molar-refractivity contribution in [2.75, 3.05) is 0 Å². The van der Waals surface area contributed by atoms with Crippen molar-refractivity contribution in [3.05, 3.63) is 27.6 Å². The maximum atomic E-state index is 6.19. The van der Waals surface area contributed by atoms with E-state index < -0.39 is 0 Å². The summed E-state index contributed by atoms with van der Waals surface area (Å²) in [6, 6.07) is 7.06. The fourth-order valence-corrected chi connectivity index (χ4v) is 5.41. The molecule has 0 amide bonds. The van der Waals surface area contributed by atoms with Crippen molar-refractivity contribution in [3.63, 3.8) is 0 Å². The molecular weight excluding hydrogens is 395 g/mol. The largest absolute Gasteiger partial charge is 0.324 e. The highest BCUT2D eigenvalue weighted by Gasteiger charge is 2.42. The number of imidazole rings is 1. The Hall–Kier alpha value is -0.290. The van der Waals surface area contributed by atoms with E-state index in [1.165, 1.54) is 34.8 Å². The van der Waals surface area contributed by atoms with E-state index in [1.54, 1.807) is 0 Å². The van der Waals surface area contributed by atoms with Crippen LogP contribution in [-0.4, -0.2) is 9.55 Å². The van der Waals surface area contributed by atoms with E-state index in [1.807, 2.05) is 0 Å². The van der Waals surface area contributed by atoms with Gasteiger partial charge in [0.15, 0.2) is 0 Å². The average Bonchev–Trinajstić information content (AvgIpc) is 3.18. The Morgan fingerprint density at radius 2 is 2.24 bits per heavy atom. The first-order valence-corrected chi connectivity index (χ1v) is 9.51. The summed E-state index contributed by atoms with van der Waals surface area (Å²) in [7, 11) is 0. The smallest absolute Gasteiger partial charge is 0.125 e. The van der Waals surface area contributed by atoms with Crippen LogP contribution in [-0.2, 0) is 5.88 Å². The molecule has 0 aliphatic heterocycles. The first-order chi connectivity index (χ1) is 10.2. The predicted molar refractivity (Wildman–Crippen MR) is 95.7 cm³/mol. The van der Waals surface area contributed by atoms with Gasteiger partial charge in [-0.05, 0) is 84.7 Å². The lowest BCUT2D eigenvalue weighted by Gasteiger charge is -2.30. The van der Waals surface area contributed by atoms with Gasteiger partial charge in [-0.3, -0.25) is 0 Å². The Morgan fingerprint density at radius 3 is 2.90 bits per heavy atom. The topological polar surface area (TPSA) is 17.8 Å². The van der Waals surface area contributed by atoms with Gasteiger partial charge in [0.1, 0.15) is 5.82 Å². The molecule has 2 nitrogen and oxygen atoms in total. The van der Waals surface area contributed by atoms with Crippen molar-refractivity contribution < 1.29 is 0 Å². The van der Waals surface area contributed by atoms with Gasteiger partial charge >= 0.3 is 0 Å². The Kier molecular flexibility index (Phi) is 3.69. The molecule has 4 heteroatoms. The monoisotopic (exact) mass is 414 g/mol. The zero-order valence-electron chi connectivity index (χ0n) is 12.2. The second kappa shape index (κ2) is 5.41. The molecule has 2 aliphatic rings. The van der Waals surface area contributed by atoms with E-state index in [2.05, 4.69) is 52.3 Å². The Labute approximate surface area is 144 Å². The van der Waals surface area contributed by atoms with Crippen LogP contribution in [0.15, 0.2) is 18.2 Å². The summed E-state index contributed by atoms with van der Waals surface area (Å²) in [4.78, 5) is 4.77. The highest BCUT2D eigenvalue weighted by atomic mass is 127. The minimum atomic E-state index is 0.496. The van der Waals surface area contributed by atoms with E-state index in [4.69, 9.17) is 16.6 Å². The molecule has 112 valence electrons. The number of nitrogens with zero attached hydrogens (tertiary/aromatic N) is 2. The minimum absolute atomic E-state index is 0.496. The lowest BCUT2D eigenvalue weighted by Crippen LogP contribution is -2.23. The number of hydrogen-bond acceptors (Lipinski definition) is 1. The van der Waals surface area contributed by atoms with Gasteiger partial charge in [0.25, 0.3) is 0 Å². The van der Waals surface area contributed by atoms with Crippen molar-refractivity contribution in [2.24, 2.45) is 17.8 Å². The van der Waals surface area contributed by atoms with E-state index in [9.17, 15) is 0 Å². The molecule has 2 fully saturated rings. The van der Waals surface area contributed by atoms with Crippen LogP contribution in [0, 0.1) is 21.3 Å². The zero-order chi connectivity index (χ0) is 14.6. The molecule has 1 aromatic heterocycles. The first kappa shape index (κ1) is 14.3. The quantitative estimate of drug-likeness (QED) is 0.487. The van der Waals surface area contributed by atoms with Crippen molar-refractivity contribution in [2.45, 2.75) is 44.5 Å². The second-order valence-electron chi connectivity index (χ2n) is 6.74. The van der Waals surface area contributed by atoms with Crippen molar-refractivity contribution >= 4 is 45.2 Å². The van der Waals surface area contributed by atoms with Crippen LogP contribution < -0.4 is 0 Å². The van der Waals surface area contributed by atoms with Crippen LogP contribution in [0.5, 0.6) is 0 Å². The van der Waals surface area contributed by atoms with Gasteiger partial charge in [0, 0.05) is 9.61 Å². The van der Waals surface area contributed by atoms with E-state index >= 15 is 0 Å². The standard InChI is InChI=1S/C17H20ClIN2/c1-10(14-7-11-2-3-12(14)6-11)21-16-5-4-13(19)8-15(16)20-17(21)9-18/h4-5,8,10-12,14H,2-3,6-7,9H2,1H3. The molecule has 4 unspecified atom stereocenters. The summed E-state index contributed by atoms with van der Waals surface area (Å²) in [6.07, 6.45) is 5.74. The van der Waals surface area contributed by atoms with Gasteiger partial charge in [-0.25, -0.2) is 4.98 Å². The van der Waals surface area contributed by atoms with Crippen LogP contribution in [0.2, 0.25) is 0 Å². The van der Waals surface area contributed by atoms with Crippen LogP contribution >= 0.6 is 34.2 Å². The number of hydrogen-bond donors (Lipinski definition) is 0. The van der Waals surface area contributed by atoms with E-state index in [-0.39, 0.29) is 0 Å². The molecule has 4 rings (SSSR count). The average molecular weight is 415 g/mol. The Balaban J connectivity index is 1.77. The van der Waals surface area contributed by atoms with E-state index in [0.717, 1.165) is 29.1 Å². The molecule has 2 saturated carbocycles. The lowest BCUT2D eigenvalue weighted by molar-refractivity contribution is 0.244. The second-order valence-corrected chi connectivity index (χ2v) is 8.26. The molecule has 0 N–H and O–H groups in total. The number of benzene rings is 1. The van der Waals surface area contributed by atoms with Crippen molar-refractivity contribution in [3.8, 4) is 0 Å². The predicted octanol–water partition coefficient (Wildman–Crippen LogP) is 5.38. The highest BCUT2D eigenvalue weighted by molar-refractivity contribution is 14.1. The first-order valence-electron chi connectivity index (χ1n) is 7.89. The Morgan fingerprint density at radius 1 is 1.38 bits per heavy atom. The van der Waals surface area contributed by atoms with Gasteiger partial charge in [0.05, 0.1) is 16.9 Å². The van der Waals surface area contributed by atoms with E-state index in [0.29, 0.717) is 11.9 Å². The van der Waals surface area contributed by atoms with Gasteiger partial charge < -0.3 is 4.57 Å². The SMILES string of the molecule is CC(C1CC2CCC1C2)n1c(CCl)nc2cc(I)ccc21. The van der Waals surface area contributed by atoms with Gasteiger partial charge in [0.2, 0.25) is 0 Å². The molecular formula is C17H20ClIN2. The fourth-order valence-electron chi connectivity index (χ4n) is 4.75. The number of fused-ring (bicyclic) bond motifs is 3. The molecule has 21 heavy (non-hydrogen) atoms. The number of halogens is 2. The minimum Gasteiger partial charge on any atom is -0.324 e. The zero-order valence-corrected chi connectivity index (χ0v) is 15.1. The molecule has 2 aromatic rings. The Bertz CT molecular complexity index is 681. The third-order valence-electron chi connectivity index (χ3n) is 5.66. The van der Waals surface area contributed by atoms with Gasteiger partial charge in [-0.15, -0.1) is 11.6 Å². The van der Waals surface area contributed by atoms with Crippen LogP contribution in [0.4, 0.5) is 0 Å². The van der Waals surface area contributed by atoms with Gasteiger partial charge in [-0.1, -0.05) is 6.42 Å². The van der Waals surface area contributed by atoms with Crippen LogP contribution in [0.1, 0.15) is 44.5 Å². The molecule has 2 aliphatic carbocycles. The maximum Gasteiger partial charge on any atom is 0.125 e. The van der Waals surface area contributed by atoms with Crippen LogP contribution in [0.3, 0.4) is 0 Å².